The Labute approximate surface area is 83.5 Å². The molecule has 0 aromatic rings. The third-order valence-corrected chi connectivity index (χ3v) is 2.73. The summed E-state index contributed by atoms with van der Waals surface area (Å²) in [7, 11) is 0. The van der Waals surface area contributed by atoms with E-state index in [1.54, 1.807) is 0 Å². The van der Waals surface area contributed by atoms with E-state index in [1.807, 2.05) is 6.92 Å². The van der Waals surface area contributed by atoms with Gasteiger partial charge in [0.1, 0.15) is 0 Å². The molecule has 1 N–H and O–H groups in total. The Morgan fingerprint density at radius 1 is 1.36 bits per heavy atom. The monoisotopic (exact) mass is 200 g/mol. The van der Waals surface area contributed by atoms with Crippen molar-refractivity contribution in [2.75, 3.05) is 26.4 Å². The van der Waals surface area contributed by atoms with E-state index < -0.39 is 5.97 Å². The fourth-order valence-corrected chi connectivity index (χ4v) is 1.56. The van der Waals surface area contributed by atoms with E-state index in [2.05, 4.69) is 6.58 Å². The summed E-state index contributed by atoms with van der Waals surface area (Å²) in [5, 5.41) is 9.12. The van der Waals surface area contributed by atoms with Crippen LogP contribution in [0.5, 0.6) is 0 Å². The lowest BCUT2D eigenvalue weighted by atomic mass is 9.93. The Bertz CT molecular complexity index is 241. The van der Waals surface area contributed by atoms with Gasteiger partial charge in [-0.25, -0.2) is 0 Å². The van der Waals surface area contributed by atoms with E-state index in [9.17, 15) is 0 Å². The molecule has 0 radical (unpaired) electrons. The smallest absolute Gasteiger partial charge is 0.307 e. The van der Waals surface area contributed by atoms with Crippen molar-refractivity contribution in [3.63, 3.8) is 0 Å². The molecule has 0 amide bonds. The second kappa shape index (κ2) is 3.31. The minimum atomic E-state index is -1.02. The van der Waals surface area contributed by atoms with Crippen molar-refractivity contribution >= 4 is 0 Å². The fourth-order valence-electron chi connectivity index (χ4n) is 1.56. The molecule has 0 atom stereocenters. The molecular formula is C10H16O4. The molecule has 0 unspecified atom stereocenters. The number of rotatable bonds is 1. The summed E-state index contributed by atoms with van der Waals surface area (Å²) in [6, 6.07) is 0. The predicted octanol–water partition coefficient (Wildman–Crippen LogP) is 0.662. The van der Waals surface area contributed by atoms with Crippen molar-refractivity contribution in [2.45, 2.75) is 19.3 Å². The average molecular weight is 200 g/mol. The Morgan fingerprint density at radius 3 is 2.43 bits per heavy atom. The topological polar surface area (TPSA) is 47.9 Å². The second-order valence-electron chi connectivity index (χ2n) is 4.30. The van der Waals surface area contributed by atoms with Crippen LogP contribution in [-0.4, -0.2) is 37.5 Å². The van der Waals surface area contributed by atoms with Crippen LogP contribution in [0.4, 0.5) is 0 Å². The molecule has 0 aliphatic carbocycles. The molecule has 0 bridgehead atoms. The zero-order valence-corrected chi connectivity index (χ0v) is 8.41. The number of ether oxygens (including phenoxy) is 3. The summed E-state index contributed by atoms with van der Waals surface area (Å²) >= 11 is 0. The highest BCUT2D eigenvalue weighted by molar-refractivity contribution is 5.09. The highest BCUT2D eigenvalue weighted by Crippen LogP contribution is 2.39. The van der Waals surface area contributed by atoms with Gasteiger partial charge in [0.2, 0.25) is 0 Å². The molecule has 0 aromatic carbocycles. The molecule has 0 saturated carbocycles. The number of aliphatic hydroxyl groups is 1. The first-order valence-corrected chi connectivity index (χ1v) is 4.81. The molecule has 0 aromatic heterocycles. The van der Waals surface area contributed by atoms with Gasteiger partial charge < -0.3 is 19.3 Å². The third kappa shape index (κ3) is 1.48. The van der Waals surface area contributed by atoms with Gasteiger partial charge in [-0.05, 0) is 6.42 Å². The number of hydrogen-bond acceptors (Lipinski definition) is 4. The lowest BCUT2D eigenvalue weighted by Gasteiger charge is -2.41. The largest absolute Gasteiger partial charge is 0.396 e. The number of aliphatic hydroxyl groups excluding tert-OH is 1. The quantitative estimate of drug-likeness (QED) is 0.632. The van der Waals surface area contributed by atoms with Gasteiger partial charge in [0.15, 0.2) is 0 Å². The van der Waals surface area contributed by atoms with Crippen LogP contribution in [0, 0.1) is 5.41 Å². The molecule has 1 spiro atoms. The van der Waals surface area contributed by atoms with Gasteiger partial charge in [-0.3, -0.25) is 0 Å². The minimum absolute atomic E-state index is 0.0511. The van der Waals surface area contributed by atoms with Crippen molar-refractivity contribution in [1.82, 2.24) is 0 Å². The lowest BCUT2D eigenvalue weighted by Crippen LogP contribution is -2.50. The van der Waals surface area contributed by atoms with Crippen molar-refractivity contribution in [2.24, 2.45) is 5.41 Å². The van der Waals surface area contributed by atoms with Crippen LogP contribution in [0.1, 0.15) is 13.3 Å². The third-order valence-electron chi connectivity index (χ3n) is 2.73. The van der Waals surface area contributed by atoms with E-state index in [0.29, 0.717) is 19.8 Å². The van der Waals surface area contributed by atoms with Crippen LogP contribution in [0.25, 0.3) is 0 Å². The zero-order chi connectivity index (χ0) is 10.2. The maximum Gasteiger partial charge on any atom is 0.307 e. The van der Waals surface area contributed by atoms with Crippen LogP contribution in [-0.2, 0) is 14.2 Å². The van der Waals surface area contributed by atoms with Crippen molar-refractivity contribution in [3.8, 4) is 0 Å². The van der Waals surface area contributed by atoms with Gasteiger partial charge in [0.05, 0.1) is 26.4 Å². The summed E-state index contributed by atoms with van der Waals surface area (Å²) in [6.45, 7) is 7.29. The molecule has 2 fully saturated rings. The van der Waals surface area contributed by atoms with Crippen molar-refractivity contribution in [1.29, 1.82) is 0 Å². The van der Waals surface area contributed by atoms with Crippen molar-refractivity contribution in [3.05, 3.63) is 12.2 Å². The maximum absolute atomic E-state index is 9.12. The molecule has 2 aliphatic rings. The summed E-state index contributed by atoms with van der Waals surface area (Å²) in [6.07, 6.45) is 0.774. The minimum Gasteiger partial charge on any atom is -0.396 e. The Hall–Kier alpha value is -0.420. The maximum atomic E-state index is 9.12. The first-order chi connectivity index (χ1) is 6.60. The van der Waals surface area contributed by atoms with Crippen LogP contribution >= 0.6 is 0 Å². The molecule has 2 rings (SSSR count). The standard InChI is InChI=1S/C10H16O4/c1-8-3-4-12-10(8)13-6-9(2,5-11)7-14-10/h11H,1,3-7H2,2H3. The first kappa shape index (κ1) is 10.1. The summed E-state index contributed by atoms with van der Waals surface area (Å²) in [4.78, 5) is 0. The van der Waals surface area contributed by atoms with Gasteiger partial charge >= 0.3 is 5.97 Å². The number of hydrogen-bond donors (Lipinski definition) is 1. The molecule has 4 heteroatoms. The van der Waals surface area contributed by atoms with E-state index >= 15 is 0 Å². The van der Waals surface area contributed by atoms with E-state index in [0.717, 1.165) is 12.0 Å². The predicted molar refractivity (Wildman–Crippen MR) is 49.5 cm³/mol. The van der Waals surface area contributed by atoms with Crippen LogP contribution in [0.3, 0.4) is 0 Å². The van der Waals surface area contributed by atoms with Gasteiger partial charge in [-0.2, -0.15) is 0 Å². The SMILES string of the molecule is C=C1CCOC12OCC(C)(CO)CO2. The summed E-state index contributed by atoms with van der Waals surface area (Å²) in [5.41, 5.74) is 0.509. The highest BCUT2D eigenvalue weighted by atomic mass is 16.9. The normalized spacial score (nSPS) is 43.4. The Kier molecular flexibility index (Phi) is 2.39. The summed E-state index contributed by atoms with van der Waals surface area (Å²) < 4.78 is 16.5. The zero-order valence-electron chi connectivity index (χ0n) is 8.41. The van der Waals surface area contributed by atoms with Crippen molar-refractivity contribution < 1.29 is 19.3 Å². The first-order valence-electron chi connectivity index (χ1n) is 4.81. The Morgan fingerprint density at radius 2 is 2.00 bits per heavy atom. The fraction of sp³-hybridized carbons (Fsp3) is 0.800. The van der Waals surface area contributed by atoms with Gasteiger partial charge in [0, 0.05) is 11.0 Å². The van der Waals surface area contributed by atoms with Gasteiger partial charge in [-0.1, -0.05) is 13.5 Å². The van der Waals surface area contributed by atoms with E-state index in [4.69, 9.17) is 19.3 Å². The molecule has 2 heterocycles. The van der Waals surface area contributed by atoms with Gasteiger partial charge in [0.25, 0.3) is 0 Å². The molecule has 2 saturated heterocycles. The highest BCUT2D eigenvalue weighted by Gasteiger charge is 2.48. The molecule has 2 aliphatic heterocycles. The van der Waals surface area contributed by atoms with Crippen LogP contribution in [0.15, 0.2) is 12.2 Å². The van der Waals surface area contributed by atoms with Gasteiger partial charge in [-0.15, -0.1) is 0 Å². The molecule has 14 heavy (non-hydrogen) atoms. The molecular weight excluding hydrogens is 184 g/mol. The lowest BCUT2D eigenvalue weighted by molar-refractivity contribution is -0.385. The van der Waals surface area contributed by atoms with E-state index in [1.165, 1.54) is 0 Å². The Balaban J connectivity index is 2.05. The second-order valence-corrected chi connectivity index (χ2v) is 4.30. The summed E-state index contributed by atoms with van der Waals surface area (Å²) in [5.74, 6) is -1.02. The van der Waals surface area contributed by atoms with E-state index in [-0.39, 0.29) is 12.0 Å². The molecule has 80 valence electrons. The molecule has 4 nitrogen and oxygen atoms in total. The van der Waals surface area contributed by atoms with Crippen LogP contribution < -0.4 is 0 Å². The van der Waals surface area contributed by atoms with Crippen LogP contribution in [0.2, 0.25) is 0 Å². The average Bonchev–Trinajstić information content (AvgIpc) is 2.55.